The van der Waals surface area contributed by atoms with Crippen molar-refractivity contribution >= 4 is 17.7 Å². The Hall–Kier alpha value is -4.40. The van der Waals surface area contributed by atoms with Gasteiger partial charge in [0.15, 0.2) is 5.82 Å². The number of benzene rings is 2. The number of carbonyl (C=O) groups excluding carboxylic acids is 1. The Morgan fingerprint density at radius 1 is 1.09 bits per heavy atom. The van der Waals surface area contributed by atoms with Gasteiger partial charge >= 0.3 is 5.97 Å². The monoisotopic (exact) mass is 457 g/mol. The van der Waals surface area contributed by atoms with Crippen LogP contribution in [0.5, 0.6) is 0 Å². The molecule has 0 saturated carbocycles. The normalized spacial score (nSPS) is 12.9. The van der Waals surface area contributed by atoms with Gasteiger partial charge in [-0.1, -0.05) is 18.2 Å². The molecule has 0 unspecified atom stereocenters. The predicted molar refractivity (Wildman–Crippen MR) is 123 cm³/mol. The van der Waals surface area contributed by atoms with E-state index in [2.05, 4.69) is 15.2 Å². The topological polar surface area (TPSA) is 101 Å². The quantitative estimate of drug-likeness (QED) is 0.471. The lowest BCUT2D eigenvalue weighted by Crippen LogP contribution is -2.24. The van der Waals surface area contributed by atoms with Crippen LogP contribution in [-0.2, 0) is 6.54 Å². The first-order chi connectivity index (χ1) is 16.3. The van der Waals surface area contributed by atoms with Crippen LogP contribution >= 0.6 is 0 Å². The number of amides is 1. The zero-order chi connectivity index (χ0) is 24.0. The summed E-state index contributed by atoms with van der Waals surface area (Å²) < 4.78 is 16.4. The molecular formula is C25H20FN5O3. The van der Waals surface area contributed by atoms with E-state index in [-0.39, 0.29) is 23.1 Å². The molecule has 3 heterocycles. The van der Waals surface area contributed by atoms with E-state index in [1.54, 1.807) is 35.5 Å². The molecule has 2 aromatic carbocycles. The molecule has 1 N–H and O–H groups in total. The van der Waals surface area contributed by atoms with Gasteiger partial charge in [-0.25, -0.2) is 14.2 Å². The third-order valence-electron chi connectivity index (χ3n) is 5.81. The van der Waals surface area contributed by atoms with Crippen molar-refractivity contribution in [3.8, 4) is 22.6 Å². The summed E-state index contributed by atoms with van der Waals surface area (Å²) in [6.07, 6.45) is 1.64. The molecule has 0 radical (unpaired) electrons. The van der Waals surface area contributed by atoms with Crippen LogP contribution in [0.4, 0.5) is 10.2 Å². The summed E-state index contributed by atoms with van der Waals surface area (Å²) in [7, 11) is 0. The maximum absolute atomic E-state index is 14.5. The van der Waals surface area contributed by atoms with Gasteiger partial charge in [0.05, 0.1) is 12.1 Å². The molecule has 9 heteroatoms. The molecule has 8 nitrogen and oxygen atoms in total. The molecule has 0 bridgehead atoms. The molecule has 1 aliphatic rings. The second-order valence-corrected chi connectivity index (χ2v) is 8.30. The van der Waals surface area contributed by atoms with Crippen molar-refractivity contribution in [3.05, 3.63) is 83.4 Å². The molecule has 0 spiro atoms. The fraction of sp³-hybridized carbons (Fsp3) is 0.160. The van der Waals surface area contributed by atoms with Crippen molar-refractivity contribution < 1.29 is 19.1 Å². The van der Waals surface area contributed by atoms with Crippen LogP contribution in [0.15, 0.2) is 60.9 Å². The fourth-order valence-corrected chi connectivity index (χ4v) is 4.04. The standard InChI is InChI=1S/C25H20FN5O3/c1-14(2)31-13-27-29-23(31)21-4-3-5-22(28-21)30-12-17-7-6-15(10-19(17)24(30)32)18-11-16(25(33)34)8-9-20(18)26/h3-11,13-14H,12H2,1-2H3,(H,33,34). The average molecular weight is 457 g/mol. The summed E-state index contributed by atoms with van der Waals surface area (Å²) in [5.41, 5.74) is 2.33. The number of anilines is 1. The SMILES string of the molecule is CC(C)n1cnnc1-c1cccc(N2Cc3ccc(-c4cc(C(=O)O)ccc4F)cc3C2=O)n1. The van der Waals surface area contributed by atoms with Gasteiger partial charge < -0.3 is 9.67 Å². The van der Waals surface area contributed by atoms with Gasteiger partial charge in [0.1, 0.15) is 23.7 Å². The summed E-state index contributed by atoms with van der Waals surface area (Å²) in [6, 6.07) is 14.2. The molecule has 0 atom stereocenters. The number of carboxylic acids is 1. The van der Waals surface area contributed by atoms with E-state index >= 15 is 0 Å². The molecule has 0 aliphatic carbocycles. The molecule has 0 saturated heterocycles. The molecule has 170 valence electrons. The highest BCUT2D eigenvalue weighted by Crippen LogP contribution is 2.33. The number of halogens is 1. The van der Waals surface area contributed by atoms with Crippen molar-refractivity contribution in [1.82, 2.24) is 19.7 Å². The number of rotatable bonds is 5. The molecule has 1 aliphatic heterocycles. The second kappa shape index (κ2) is 8.18. The number of aromatic carboxylic acids is 1. The van der Waals surface area contributed by atoms with E-state index in [1.807, 2.05) is 30.5 Å². The van der Waals surface area contributed by atoms with Crippen molar-refractivity contribution in [2.75, 3.05) is 4.90 Å². The Balaban J connectivity index is 1.49. The minimum absolute atomic E-state index is 0.0277. The second-order valence-electron chi connectivity index (χ2n) is 8.30. The highest BCUT2D eigenvalue weighted by atomic mass is 19.1. The van der Waals surface area contributed by atoms with E-state index < -0.39 is 11.8 Å². The lowest BCUT2D eigenvalue weighted by atomic mass is 9.98. The van der Waals surface area contributed by atoms with Gasteiger partial charge in [-0.2, -0.15) is 0 Å². The smallest absolute Gasteiger partial charge is 0.335 e. The van der Waals surface area contributed by atoms with Crippen LogP contribution in [0.25, 0.3) is 22.6 Å². The lowest BCUT2D eigenvalue weighted by molar-refractivity contribution is 0.0696. The van der Waals surface area contributed by atoms with Crippen molar-refractivity contribution in [1.29, 1.82) is 0 Å². The van der Waals surface area contributed by atoms with Crippen LogP contribution in [0, 0.1) is 5.82 Å². The van der Waals surface area contributed by atoms with Crippen molar-refractivity contribution in [2.24, 2.45) is 0 Å². The Labute approximate surface area is 194 Å². The maximum Gasteiger partial charge on any atom is 0.335 e. The van der Waals surface area contributed by atoms with E-state index in [1.165, 1.54) is 12.1 Å². The Morgan fingerprint density at radius 2 is 1.91 bits per heavy atom. The largest absolute Gasteiger partial charge is 0.478 e. The van der Waals surface area contributed by atoms with E-state index in [4.69, 9.17) is 0 Å². The highest BCUT2D eigenvalue weighted by molar-refractivity contribution is 6.10. The van der Waals surface area contributed by atoms with Crippen LogP contribution in [0.1, 0.15) is 46.2 Å². The van der Waals surface area contributed by atoms with E-state index in [0.29, 0.717) is 35.0 Å². The molecule has 34 heavy (non-hydrogen) atoms. The summed E-state index contributed by atoms with van der Waals surface area (Å²) in [6.45, 7) is 4.35. The number of aromatic nitrogens is 4. The minimum Gasteiger partial charge on any atom is -0.478 e. The first-order valence-electron chi connectivity index (χ1n) is 10.7. The lowest BCUT2D eigenvalue weighted by Gasteiger charge is -2.16. The predicted octanol–water partition coefficient (Wildman–Crippen LogP) is 4.59. The van der Waals surface area contributed by atoms with Crippen molar-refractivity contribution in [3.63, 3.8) is 0 Å². The Morgan fingerprint density at radius 3 is 2.68 bits per heavy atom. The zero-order valence-electron chi connectivity index (χ0n) is 18.4. The fourth-order valence-electron chi connectivity index (χ4n) is 4.04. The van der Waals surface area contributed by atoms with Gasteiger partial charge in [0.25, 0.3) is 5.91 Å². The maximum atomic E-state index is 14.5. The number of hydrogen-bond acceptors (Lipinski definition) is 5. The average Bonchev–Trinajstić information content (AvgIpc) is 3.44. The molecule has 4 aromatic rings. The van der Waals surface area contributed by atoms with Gasteiger partial charge in [-0.15, -0.1) is 10.2 Å². The zero-order valence-corrected chi connectivity index (χ0v) is 18.4. The molecular weight excluding hydrogens is 437 g/mol. The molecule has 5 rings (SSSR count). The van der Waals surface area contributed by atoms with Gasteiger partial charge in [0.2, 0.25) is 0 Å². The van der Waals surface area contributed by atoms with E-state index in [0.717, 1.165) is 11.6 Å². The van der Waals surface area contributed by atoms with Gasteiger partial charge in [-0.3, -0.25) is 9.69 Å². The Kier molecular flexibility index (Phi) is 5.16. The van der Waals surface area contributed by atoms with Gasteiger partial charge in [-0.05, 0) is 61.4 Å². The van der Waals surface area contributed by atoms with Crippen molar-refractivity contribution in [2.45, 2.75) is 26.4 Å². The summed E-state index contributed by atoms with van der Waals surface area (Å²) >= 11 is 0. The van der Waals surface area contributed by atoms with Crippen LogP contribution in [0.3, 0.4) is 0 Å². The number of fused-ring (bicyclic) bond motifs is 1. The first-order valence-corrected chi connectivity index (χ1v) is 10.7. The Bertz CT molecular complexity index is 1450. The van der Waals surface area contributed by atoms with Gasteiger partial charge in [0, 0.05) is 17.2 Å². The molecule has 1 amide bonds. The number of pyridine rings is 1. The highest BCUT2D eigenvalue weighted by Gasteiger charge is 2.30. The number of hydrogen-bond donors (Lipinski definition) is 1. The number of nitrogens with zero attached hydrogens (tertiary/aromatic N) is 5. The third kappa shape index (κ3) is 3.61. The number of carbonyl (C=O) groups is 2. The molecule has 0 fully saturated rings. The number of carboxylic acid groups (broad SMARTS) is 1. The molecule has 2 aromatic heterocycles. The first kappa shape index (κ1) is 21.4. The van der Waals surface area contributed by atoms with E-state index in [9.17, 15) is 19.1 Å². The summed E-state index contributed by atoms with van der Waals surface area (Å²) in [5.74, 6) is -0.892. The summed E-state index contributed by atoms with van der Waals surface area (Å²) in [5, 5.41) is 17.4. The van der Waals surface area contributed by atoms with Crippen LogP contribution < -0.4 is 4.90 Å². The minimum atomic E-state index is -1.15. The van der Waals surface area contributed by atoms with Crippen LogP contribution in [-0.4, -0.2) is 36.7 Å². The third-order valence-corrected chi connectivity index (χ3v) is 5.81. The van der Waals surface area contributed by atoms with Crippen LogP contribution in [0.2, 0.25) is 0 Å². The summed E-state index contributed by atoms with van der Waals surface area (Å²) in [4.78, 5) is 30.8.